The van der Waals surface area contributed by atoms with Crippen molar-refractivity contribution in [3.8, 4) is 5.75 Å². The highest BCUT2D eigenvalue weighted by atomic mass is 35.5. The summed E-state index contributed by atoms with van der Waals surface area (Å²) in [5, 5.41) is 8.41. The quantitative estimate of drug-likeness (QED) is 0.855. The second-order valence-electron chi connectivity index (χ2n) is 4.17. The van der Waals surface area contributed by atoms with Gasteiger partial charge >= 0.3 is 5.97 Å². The molecule has 7 heteroatoms. The van der Waals surface area contributed by atoms with Gasteiger partial charge < -0.3 is 9.84 Å². The summed E-state index contributed by atoms with van der Waals surface area (Å²) < 4.78 is 46.0. The molecule has 3 nitrogen and oxygen atoms in total. The van der Waals surface area contributed by atoms with E-state index < -0.39 is 46.6 Å². The second kappa shape index (κ2) is 6.35. The van der Waals surface area contributed by atoms with E-state index in [2.05, 4.69) is 0 Å². The fraction of sp³-hybridized carbons (Fsp3) is 0.462. The first-order valence-corrected chi connectivity index (χ1v) is 6.37. The molecule has 0 saturated heterocycles. The van der Waals surface area contributed by atoms with Crippen LogP contribution in [0, 0.1) is 5.82 Å². The molecule has 1 atom stereocenters. The molecule has 0 heterocycles. The zero-order chi connectivity index (χ0) is 15.5. The van der Waals surface area contributed by atoms with Crippen LogP contribution in [0.2, 0.25) is 5.02 Å². The lowest BCUT2D eigenvalue weighted by Gasteiger charge is -2.21. The maximum absolute atomic E-state index is 13.8. The number of carbonyl (C=O) groups is 1. The van der Waals surface area contributed by atoms with Crippen molar-refractivity contribution in [3.63, 3.8) is 0 Å². The number of carboxylic acid groups (broad SMARTS) is 1. The third kappa shape index (κ3) is 3.56. The lowest BCUT2D eigenvalue weighted by Crippen LogP contribution is -2.27. The van der Waals surface area contributed by atoms with Gasteiger partial charge in [-0.1, -0.05) is 25.4 Å². The summed E-state index contributed by atoms with van der Waals surface area (Å²) in [6.45, 7) is 2.76. The summed E-state index contributed by atoms with van der Waals surface area (Å²) in [5.41, 5.74) is -0.619. The van der Waals surface area contributed by atoms with E-state index in [0.29, 0.717) is 6.07 Å². The van der Waals surface area contributed by atoms with Crippen LogP contribution in [0.15, 0.2) is 12.1 Å². The van der Waals surface area contributed by atoms with Gasteiger partial charge in [-0.3, -0.25) is 0 Å². The molecule has 0 fully saturated rings. The molecular weight excluding hydrogens is 297 g/mol. The van der Waals surface area contributed by atoms with Crippen molar-refractivity contribution in [2.75, 3.05) is 0 Å². The molecule has 0 aliphatic rings. The van der Waals surface area contributed by atoms with Crippen LogP contribution in [0.25, 0.3) is 0 Å². The number of carboxylic acids is 1. The number of rotatable bonds is 6. The molecule has 1 aromatic rings. The molecule has 0 saturated carbocycles. The van der Waals surface area contributed by atoms with Gasteiger partial charge in [0, 0.05) is 12.5 Å². The predicted octanol–water partition coefficient (Wildman–Crippen LogP) is 4.22. The summed E-state index contributed by atoms with van der Waals surface area (Å²) in [6, 6.07) is 1.46. The Morgan fingerprint density at radius 1 is 1.45 bits per heavy atom. The summed E-state index contributed by atoms with van der Waals surface area (Å²) in [6.07, 6.45) is -1.83. The first kappa shape index (κ1) is 16.6. The molecule has 0 amide bonds. The summed E-state index contributed by atoms with van der Waals surface area (Å²) in [4.78, 5) is 10.9. The zero-order valence-electron chi connectivity index (χ0n) is 10.9. The minimum Gasteiger partial charge on any atom is -0.479 e. The second-order valence-corrected chi connectivity index (χ2v) is 4.58. The van der Waals surface area contributed by atoms with Crippen molar-refractivity contribution >= 4 is 17.6 Å². The molecule has 0 aliphatic carbocycles. The number of aliphatic carboxylic acids is 1. The van der Waals surface area contributed by atoms with E-state index in [0.717, 1.165) is 6.07 Å². The standard InChI is InChI=1S/C13H14ClF3O3/c1-3-10(12(18)19)20-11-6-9(15)8(14)5-7(11)13(16,17)4-2/h5-6,10H,3-4H2,1-2H3,(H,18,19)/t10-/m0/s1. The van der Waals surface area contributed by atoms with Crippen LogP contribution in [-0.4, -0.2) is 17.2 Å². The highest BCUT2D eigenvalue weighted by Crippen LogP contribution is 2.40. The van der Waals surface area contributed by atoms with Crippen LogP contribution in [0.1, 0.15) is 32.3 Å². The van der Waals surface area contributed by atoms with E-state index in [9.17, 15) is 18.0 Å². The van der Waals surface area contributed by atoms with E-state index in [-0.39, 0.29) is 6.42 Å². The third-order valence-corrected chi connectivity index (χ3v) is 3.07. The summed E-state index contributed by atoms with van der Waals surface area (Å²) in [5.74, 6) is -6.05. The van der Waals surface area contributed by atoms with Crippen molar-refractivity contribution in [3.05, 3.63) is 28.5 Å². The molecule has 0 aromatic heterocycles. The van der Waals surface area contributed by atoms with Gasteiger partial charge in [0.2, 0.25) is 0 Å². The molecule has 0 bridgehead atoms. The summed E-state index contributed by atoms with van der Waals surface area (Å²) >= 11 is 5.50. The maximum atomic E-state index is 13.8. The molecule has 20 heavy (non-hydrogen) atoms. The Bertz CT molecular complexity index is 506. The fourth-order valence-electron chi connectivity index (χ4n) is 1.56. The van der Waals surface area contributed by atoms with Crippen LogP contribution in [0.5, 0.6) is 5.75 Å². The number of benzene rings is 1. The maximum Gasteiger partial charge on any atom is 0.344 e. The number of ether oxygens (including phenoxy) is 1. The highest BCUT2D eigenvalue weighted by Gasteiger charge is 2.35. The normalized spacial score (nSPS) is 13.1. The van der Waals surface area contributed by atoms with Gasteiger partial charge in [0.15, 0.2) is 6.10 Å². The van der Waals surface area contributed by atoms with Gasteiger partial charge in [-0.25, -0.2) is 18.0 Å². The zero-order valence-corrected chi connectivity index (χ0v) is 11.7. The molecule has 0 unspecified atom stereocenters. The molecule has 112 valence electrons. The van der Waals surface area contributed by atoms with Crippen LogP contribution in [-0.2, 0) is 10.7 Å². The number of hydrogen-bond donors (Lipinski definition) is 1. The fourth-order valence-corrected chi connectivity index (χ4v) is 1.73. The van der Waals surface area contributed by atoms with Crippen molar-refractivity contribution in [1.82, 2.24) is 0 Å². The van der Waals surface area contributed by atoms with Gasteiger partial charge in [0.25, 0.3) is 5.92 Å². The van der Waals surface area contributed by atoms with Crippen molar-refractivity contribution in [2.24, 2.45) is 0 Å². The Hall–Kier alpha value is -1.43. The molecule has 0 radical (unpaired) electrons. The van der Waals surface area contributed by atoms with E-state index >= 15 is 0 Å². The molecule has 0 aliphatic heterocycles. The lowest BCUT2D eigenvalue weighted by atomic mass is 10.0. The SMILES string of the molecule is CC[C@H](Oc1cc(F)c(Cl)cc1C(F)(F)CC)C(=O)O. The Labute approximate surface area is 119 Å². The van der Waals surface area contributed by atoms with Gasteiger partial charge in [-0.15, -0.1) is 0 Å². The monoisotopic (exact) mass is 310 g/mol. The van der Waals surface area contributed by atoms with Crippen LogP contribution >= 0.6 is 11.6 Å². The molecule has 1 N–H and O–H groups in total. The topological polar surface area (TPSA) is 46.5 Å². The van der Waals surface area contributed by atoms with E-state index in [1.54, 1.807) is 0 Å². The molecule has 1 aromatic carbocycles. The Morgan fingerprint density at radius 3 is 2.50 bits per heavy atom. The Morgan fingerprint density at radius 2 is 2.05 bits per heavy atom. The van der Waals surface area contributed by atoms with E-state index in [4.69, 9.17) is 21.4 Å². The van der Waals surface area contributed by atoms with Crippen molar-refractivity contribution in [2.45, 2.75) is 38.7 Å². The van der Waals surface area contributed by atoms with Crippen molar-refractivity contribution < 1.29 is 27.8 Å². The smallest absolute Gasteiger partial charge is 0.344 e. The van der Waals surface area contributed by atoms with Crippen molar-refractivity contribution in [1.29, 1.82) is 0 Å². The van der Waals surface area contributed by atoms with Crippen LogP contribution < -0.4 is 4.74 Å². The minimum absolute atomic E-state index is 0.0523. The minimum atomic E-state index is -3.29. The van der Waals surface area contributed by atoms with Gasteiger partial charge in [0.1, 0.15) is 11.6 Å². The van der Waals surface area contributed by atoms with Crippen LogP contribution in [0.3, 0.4) is 0 Å². The molecular formula is C13H14ClF3O3. The average molecular weight is 311 g/mol. The van der Waals surface area contributed by atoms with E-state index in [1.165, 1.54) is 13.8 Å². The van der Waals surface area contributed by atoms with Gasteiger partial charge in [0.05, 0.1) is 10.6 Å². The molecule has 1 rings (SSSR count). The number of halogens is 4. The third-order valence-electron chi connectivity index (χ3n) is 2.78. The first-order chi connectivity index (χ1) is 9.22. The lowest BCUT2D eigenvalue weighted by molar-refractivity contribution is -0.145. The predicted molar refractivity (Wildman–Crippen MR) is 67.9 cm³/mol. The highest BCUT2D eigenvalue weighted by molar-refractivity contribution is 6.30. The van der Waals surface area contributed by atoms with Crippen LogP contribution in [0.4, 0.5) is 13.2 Å². The van der Waals surface area contributed by atoms with Gasteiger partial charge in [-0.05, 0) is 12.5 Å². The number of alkyl halides is 2. The molecule has 0 spiro atoms. The Balaban J connectivity index is 3.30. The Kier molecular flexibility index (Phi) is 5.28. The summed E-state index contributed by atoms with van der Waals surface area (Å²) in [7, 11) is 0. The van der Waals surface area contributed by atoms with E-state index in [1.807, 2.05) is 0 Å². The largest absolute Gasteiger partial charge is 0.479 e. The van der Waals surface area contributed by atoms with Gasteiger partial charge in [-0.2, -0.15) is 0 Å². The average Bonchev–Trinajstić information content (AvgIpc) is 2.38. The number of hydrogen-bond acceptors (Lipinski definition) is 2. The first-order valence-electron chi connectivity index (χ1n) is 5.99.